The quantitative estimate of drug-likeness (QED) is 0.527. The van der Waals surface area contributed by atoms with Gasteiger partial charge < -0.3 is 20.8 Å². The van der Waals surface area contributed by atoms with Crippen LogP contribution in [0.15, 0.2) is 6.07 Å². The van der Waals surface area contributed by atoms with Crippen LogP contribution in [0.3, 0.4) is 0 Å². The highest BCUT2D eigenvalue weighted by molar-refractivity contribution is 5.52. The minimum Gasteiger partial charge on any atom is -0.377 e. The second-order valence-electron chi connectivity index (χ2n) is 4.79. The lowest BCUT2D eigenvalue weighted by molar-refractivity contribution is -0.00481. The molecule has 1 saturated heterocycles. The molecule has 0 amide bonds. The standard InChI is InChI=1S/C11H20N6O/c1-11(18-2)4-3-5-17(7-11)9-6-8(16-13)14-10(12)15-9/h6H,3-5,7,13H2,1-2H3,(H3,12,14,15,16). The Kier molecular flexibility index (Phi) is 3.53. The van der Waals surface area contributed by atoms with Crippen molar-refractivity contribution < 1.29 is 4.74 Å². The molecule has 0 aliphatic carbocycles. The van der Waals surface area contributed by atoms with Crippen molar-refractivity contribution in [3.63, 3.8) is 0 Å². The van der Waals surface area contributed by atoms with Gasteiger partial charge in [0.1, 0.15) is 11.6 Å². The van der Waals surface area contributed by atoms with Gasteiger partial charge in [0.15, 0.2) is 0 Å². The molecule has 0 spiro atoms. The van der Waals surface area contributed by atoms with Crippen molar-refractivity contribution in [2.24, 2.45) is 5.84 Å². The van der Waals surface area contributed by atoms with E-state index in [2.05, 4.69) is 27.2 Å². The van der Waals surface area contributed by atoms with Crippen LogP contribution >= 0.6 is 0 Å². The Hall–Kier alpha value is -1.60. The number of nitrogens with two attached hydrogens (primary N) is 2. The first-order chi connectivity index (χ1) is 8.56. The van der Waals surface area contributed by atoms with Gasteiger partial charge in [-0.3, -0.25) is 0 Å². The molecule has 5 N–H and O–H groups in total. The molecule has 1 aliphatic rings. The zero-order chi connectivity index (χ0) is 13.2. The number of rotatable bonds is 3. The first-order valence-electron chi connectivity index (χ1n) is 5.97. The molecule has 1 aromatic heterocycles. The van der Waals surface area contributed by atoms with E-state index in [1.807, 2.05) is 0 Å². The average molecular weight is 252 g/mol. The van der Waals surface area contributed by atoms with Crippen molar-refractivity contribution in [3.05, 3.63) is 6.07 Å². The molecular formula is C11H20N6O. The summed E-state index contributed by atoms with van der Waals surface area (Å²) in [5.41, 5.74) is 8.01. The van der Waals surface area contributed by atoms with E-state index in [4.69, 9.17) is 16.3 Å². The third-order valence-electron chi connectivity index (χ3n) is 3.35. The fourth-order valence-corrected chi connectivity index (χ4v) is 2.26. The fraction of sp³-hybridized carbons (Fsp3) is 0.636. The molecule has 0 saturated carbocycles. The number of nitrogens with one attached hydrogen (secondary N) is 1. The number of anilines is 3. The van der Waals surface area contributed by atoms with Crippen LogP contribution < -0.4 is 21.9 Å². The van der Waals surface area contributed by atoms with E-state index in [0.717, 1.165) is 31.7 Å². The van der Waals surface area contributed by atoms with Crippen molar-refractivity contribution in [2.75, 3.05) is 36.3 Å². The van der Waals surface area contributed by atoms with Crippen LogP contribution in [0.2, 0.25) is 0 Å². The second-order valence-corrected chi connectivity index (χ2v) is 4.79. The number of hydrazine groups is 1. The highest BCUT2D eigenvalue weighted by Gasteiger charge is 2.31. The summed E-state index contributed by atoms with van der Waals surface area (Å²) < 4.78 is 5.56. The van der Waals surface area contributed by atoms with Gasteiger partial charge in [0.2, 0.25) is 5.95 Å². The number of hydrogen-bond donors (Lipinski definition) is 3. The molecule has 1 fully saturated rings. The van der Waals surface area contributed by atoms with E-state index in [9.17, 15) is 0 Å². The SMILES string of the molecule is COC1(C)CCCN(c2cc(NN)nc(N)n2)C1. The fourth-order valence-electron chi connectivity index (χ4n) is 2.26. The summed E-state index contributed by atoms with van der Waals surface area (Å²) in [5.74, 6) is 6.86. The molecule has 1 atom stereocenters. The lowest BCUT2D eigenvalue weighted by atomic mass is 9.95. The van der Waals surface area contributed by atoms with E-state index < -0.39 is 0 Å². The zero-order valence-corrected chi connectivity index (χ0v) is 10.8. The van der Waals surface area contributed by atoms with Gasteiger partial charge in [-0.05, 0) is 19.8 Å². The number of nitrogens with zero attached hydrogens (tertiary/aromatic N) is 3. The molecule has 7 nitrogen and oxygen atoms in total. The van der Waals surface area contributed by atoms with Gasteiger partial charge in [-0.25, -0.2) is 5.84 Å². The summed E-state index contributed by atoms with van der Waals surface area (Å²) in [5, 5.41) is 0. The van der Waals surface area contributed by atoms with Gasteiger partial charge in [-0.2, -0.15) is 9.97 Å². The van der Waals surface area contributed by atoms with Crippen molar-refractivity contribution in [1.29, 1.82) is 0 Å². The average Bonchev–Trinajstić information content (AvgIpc) is 2.38. The van der Waals surface area contributed by atoms with Gasteiger partial charge in [0, 0.05) is 26.3 Å². The normalized spacial score (nSPS) is 24.1. The van der Waals surface area contributed by atoms with Crippen LogP contribution in [0.4, 0.5) is 17.6 Å². The molecule has 1 unspecified atom stereocenters. The topological polar surface area (TPSA) is 102 Å². The van der Waals surface area contributed by atoms with Crippen molar-refractivity contribution >= 4 is 17.6 Å². The number of aromatic nitrogens is 2. The number of ether oxygens (including phenoxy) is 1. The summed E-state index contributed by atoms with van der Waals surface area (Å²) in [6.45, 7) is 3.81. The Morgan fingerprint density at radius 1 is 1.50 bits per heavy atom. The van der Waals surface area contributed by atoms with E-state index in [1.54, 1.807) is 13.2 Å². The first-order valence-corrected chi connectivity index (χ1v) is 5.97. The monoisotopic (exact) mass is 252 g/mol. The summed E-state index contributed by atoms with van der Waals surface area (Å²) in [4.78, 5) is 10.4. The zero-order valence-electron chi connectivity index (χ0n) is 10.8. The summed E-state index contributed by atoms with van der Waals surface area (Å²) in [7, 11) is 1.74. The first kappa shape index (κ1) is 12.8. The van der Waals surface area contributed by atoms with Crippen LogP contribution in [0, 0.1) is 0 Å². The number of methoxy groups -OCH3 is 1. The van der Waals surface area contributed by atoms with Gasteiger partial charge in [-0.15, -0.1) is 0 Å². The third-order valence-corrected chi connectivity index (χ3v) is 3.35. The number of piperidine rings is 1. The highest BCUT2D eigenvalue weighted by atomic mass is 16.5. The minimum atomic E-state index is -0.145. The van der Waals surface area contributed by atoms with Gasteiger partial charge in [-0.1, -0.05) is 0 Å². The molecule has 2 rings (SSSR count). The molecule has 0 aromatic carbocycles. The summed E-state index contributed by atoms with van der Waals surface area (Å²) in [6, 6.07) is 1.79. The Bertz CT molecular complexity index is 426. The van der Waals surface area contributed by atoms with E-state index in [0.29, 0.717) is 5.82 Å². The second kappa shape index (κ2) is 4.95. The van der Waals surface area contributed by atoms with Crippen LogP contribution in [0.5, 0.6) is 0 Å². The molecule has 1 aromatic rings. The van der Waals surface area contributed by atoms with Gasteiger partial charge >= 0.3 is 0 Å². The largest absolute Gasteiger partial charge is 0.377 e. The summed E-state index contributed by atoms with van der Waals surface area (Å²) in [6.07, 6.45) is 2.10. The molecule has 100 valence electrons. The smallest absolute Gasteiger partial charge is 0.223 e. The highest BCUT2D eigenvalue weighted by Crippen LogP contribution is 2.28. The van der Waals surface area contributed by atoms with E-state index in [1.165, 1.54) is 0 Å². The molecule has 0 bridgehead atoms. The molecule has 7 heteroatoms. The van der Waals surface area contributed by atoms with E-state index in [-0.39, 0.29) is 11.5 Å². The molecular weight excluding hydrogens is 232 g/mol. The van der Waals surface area contributed by atoms with Crippen LogP contribution in [-0.4, -0.2) is 35.8 Å². The van der Waals surface area contributed by atoms with Crippen LogP contribution in [0.25, 0.3) is 0 Å². The third kappa shape index (κ3) is 2.62. The number of hydrogen-bond acceptors (Lipinski definition) is 7. The van der Waals surface area contributed by atoms with Gasteiger partial charge in [0.25, 0.3) is 0 Å². The Labute approximate surface area is 106 Å². The van der Waals surface area contributed by atoms with Crippen LogP contribution in [-0.2, 0) is 4.74 Å². The Morgan fingerprint density at radius 3 is 2.94 bits per heavy atom. The van der Waals surface area contributed by atoms with Crippen molar-refractivity contribution in [1.82, 2.24) is 9.97 Å². The molecule has 18 heavy (non-hydrogen) atoms. The molecule has 1 aliphatic heterocycles. The lowest BCUT2D eigenvalue weighted by Gasteiger charge is -2.40. The maximum atomic E-state index is 5.67. The van der Waals surface area contributed by atoms with E-state index >= 15 is 0 Å². The number of nitrogen functional groups attached to an aromatic ring is 2. The summed E-state index contributed by atoms with van der Waals surface area (Å²) >= 11 is 0. The Morgan fingerprint density at radius 2 is 2.28 bits per heavy atom. The van der Waals surface area contributed by atoms with Gasteiger partial charge in [0.05, 0.1) is 5.60 Å². The van der Waals surface area contributed by atoms with Crippen LogP contribution in [0.1, 0.15) is 19.8 Å². The van der Waals surface area contributed by atoms with Crippen molar-refractivity contribution in [2.45, 2.75) is 25.4 Å². The minimum absolute atomic E-state index is 0.145. The predicted octanol–water partition coefficient (Wildman–Crippen LogP) is 0.350. The molecule has 2 heterocycles. The maximum Gasteiger partial charge on any atom is 0.223 e. The maximum absolute atomic E-state index is 5.67. The predicted molar refractivity (Wildman–Crippen MR) is 71.1 cm³/mol. The Balaban J connectivity index is 2.23. The molecule has 0 radical (unpaired) electrons. The van der Waals surface area contributed by atoms with Crippen molar-refractivity contribution in [3.8, 4) is 0 Å². The lowest BCUT2D eigenvalue weighted by Crippen LogP contribution is -2.47.